The van der Waals surface area contributed by atoms with Crippen molar-refractivity contribution >= 4 is 17.4 Å². The van der Waals surface area contributed by atoms with Gasteiger partial charge >= 0.3 is 0 Å². The van der Waals surface area contributed by atoms with Gasteiger partial charge < -0.3 is 13.9 Å². The average molecular weight is 394 g/mol. The third-order valence-electron chi connectivity index (χ3n) is 4.25. The molecule has 1 aliphatic heterocycles. The Kier molecular flexibility index (Phi) is 4.01. The van der Waals surface area contributed by atoms with E-state index in [2.05, 4.69) is 15.2 Å². The van der Waals surface area contributed by atoms with Crippen molar-refractivity contribution in [3.8, 4) is 23.0 Å². The molecule has 3 aromatic heterocycles. The van der Waals surface area contributed by atoms with Crippen LogP contribution >= 0.6 is 11.8 Å². The summed E-state index contributed by atoms with van der Waals surface area (Å²) in [4.78, 5) is 16.8. The van der Waals surface area contributed by atoms with Crippen LogP contribution in [0.15, 0.2) is 57.0 Å². The van der Waals surface area contributed by atoms with E-state index >= 15 is 0 Å². The lowest BCUT2D eigenvalue weighted by Crippen LogP contribution is -2.15. The highest BCUT2D eigenvalue weighted by Crippen LogP contribution is 2.36. The van der Waals surface area contributed by atoms with Crippen LogP contribution in [-0.2, 0) is 5.75 Å². The largest absolute Gasteiger partial charge is 0.454 e. The van der Waals surface area contributed by atoms with Gasteiger partial charge in [-0.3, -0.25) is 9.20 Å². The highest BCUT2D eigenvalue weighted by molar-refractivity contribution is 7.98. The molecule has 5 rings (SSSR count). The number of rotatable bonds is 4. The monoisotopic (exact) mass is 394 g/mol. The number of benzene rings is 1. The van der Waals surface area contributed by atoms with Gasteiger partial charge in [0, 0.05) is 23.6 Å². The van der Waals surface area contributed by atoms with E-state index in [0.717, 1.165) is 11.1 Å². The Bertz CT molecular complexity index is 1250. The second kappa shape index (κ2) is 6.68. The molecule has 28 heavy (non-hydrogen) atoms. The van der Waals surface area contributed by atoms with E-state index in [-0.39, 0.29) is 12.4 Å². The van der Waals surface area contributed by atoms with Crippen molar-refractivity contribution in [3.63, 3.8) is 0 Å². The summed E-state index contributed by atoms with van der Waals surface area (Å²) in [5.74, 6) is 2.19. The molecule has 1 aliphatic rings. The van der Waals surface area contributed by atoms with Gasteiger partial charge in [-0.25, -0.2) is 4.98 Å². The zero-order valence-electron chi connectivity index (χ0n) is 14.8. The van der Waals surface area contributed by atoms with Crippen LogP contribution in [0.1, 0.15) is 11.3 Å². The molecule has 8 nitrogen and oxygen atoms in total. The topological polar surface area (TPSA) is 91.8 Å². The first kappa shape index (κ1) is 16.8. The lowest BCUT2D eigenvalue weighted by atomic mass is 10.2. The van der Waals surface area contributed by atoms with Crippen LogP contribution in [0.2, 0.25) is 0 Å². The van der Waals surface area contributed by atoms with Crippen LogP contribution in [0.5, 0.6) is 11.5 Å². The van der Waals surface area contributed by atoms with Crippen LogP contribution in [0.3, 0.4) is 0 Å². The van der Waals surface area contributed by atoms with Crippen LogP contribution < -0.4 is 15.0 Å². The van der Waals surface area contributed by atoms with Crippen molar-refractivity contribution in [1.82, 2.24) is 19.6 Å². The molecule has 0 unspecified atom stereocenters. The molecule has 0 saturated carbocycles. The van der Waals surface area contributed by atoms with E-state index in [9.17, 15) is 4.79 Å². The summed E-state index contributed by atoms with van der Waals surface area (Å²) in [7, 11) is 0. The second-order valence-electron chi connectivity index (χ2n) is 6.25. The van der Waals surface area contributed by atoms with E-state index in [4.69, 9.17) is 13.9 Å². The fraction of sp³-hybridized carbons (Fsp3) is 0.158. The molecule has 140 valence electrons. The number of hydrogen-bond donors (Lipinski definition) is 0. The van der Waals surface area contributed by atoms with Crippen LogP contribution in [0.25, 0.3) is 17.1 Å². The summed E-state index contributed by atoms with van der Waals surface area (Å²) in [6.07, 6.45) is 1.73. The lowest BCUT2D eigenvalue weighted by molar-refractivity contribution is 0.174. The standard InChI is InChI=1S/C19H14N4O4S/c1-11-4-5-23-16(6-11)20-13(8-17(23)24)9-28-19-22-21-18(27-19)12-2-3-14-15(7-12)26-10-25-14/h2-8H,9-10H2,1H3. The zero-order valence-corrected chi connectivity index (χ0v) is 15.6. The van der Waals surface area contributed by atoms with Gasteiger partial charge in [0.25, 0.3) is 10.8 Å². The Morgan fingerprint density at radius 3 is 2.93 bits per heavy atom. The maximum absolute atomic E-state index is 12.2. The van der Waals surface area contributed by atoms with Gasteiger partial charge in [0.1, 0.15) is 5.65 Å². The molecule has 0 spiro atoms. The highest BCUT2D eigenvalue weighted by atomic mass is 32.2. The van der Waals surface area contributed by atoms with Crippen molar-refractivity contribution < 1.29 is 13.9 Å². The van der Waals surface area contributed by atoms with Crippen LogP contribution in [0, 0.1) is 6.92 Å². The minimum absolute atomic E-state index is 0.118. The SMILES string of the molecule is Cc1ccn2c(=O)cc(CSc3nnc(-c4ccc5c(c4)OCO5)o3)nc2c1. The minimum atomic E-state index is -0.118. The molecule has 0 radical (unpaired) electrons. The Labute approximate surface area is 163 Å². The molecule has 0 fully saturated rings. The molecule has 0 bridgehead atoms. The molecular formula is C19H14N4O4S. The predicted octanol–water partition coefficient (Wildman–Crippen LogP) is 3.07. The first-order valence-corrected chi connectivity index (χ1v) is 9.49. The molecule has 0 amide bonds. The fourth-order valence-corrected chi connectivity index (χ4v) is 3.53. The third-order valence-corrected chi connectivity index (χ3v) is 5.10. The first-order chi connectivity index (χ1) is 13.7. The number of nitrogens with zero attached hydrogens (tertiary/aromatic N) is 4. The predicted molar refractivity (Wildman–Crippen MR) is 102 cm³/mol. The Morgan fingerprint density at radius 2 is 2.00 bits per heavy atom. The zero-order chi connectivity index (χ0) is 19.1. The molecule has 4 aromatic rings. The quantitative estimate of drug-likeness (QED) is 0.488. The van der Waals surface area contributed by atoms with E-state index in [1.807, 2.05) is 31.2 Å². The molecule has 1 aromatic carbocycles. The highest BCUT2D eigenvalue weighted by Gasteiger charge is 2.17. The summed E-state index contributed by atoms with van der Waals surface area (Å²) in [6, 6.07) is 10.7. The average Bonchev–Trinajstić information content (AvgIpc) is 3.34. The van der Waals surface area contributed by atoms with Crippen LogP contribution in [-0.4, -0.2) is 26.4 Å². The number of aromatic nitrogens is 4. The normalized spacial score (nSPS) is 12.6. The van der Waals surface area contributed by atoms with Crippen molar-refractivity contribution in [3.05, 3.63) is 64.2 Å². The second-order valence-corrected chi connectivity index (χ2v) is 7.17. The Hall–Kier alpha value is -3.33. The van der Waals surface area contributed by atoms with Crippen LogP contribution in [0.4, 0.5) is 0 Å². The lowest BCUT2D eigenvalue weighted by Gasteiger charge is -2.03. The van der Waals surface area contributed by atoms with Crippen molar-refractivity contribution in [2.24, 2.45) is 0 Å². The number of aryl methyl sites for hydroxylation is 1. The van der Waals surface area contributed by atoms with Gasteiger partial charge in [0.05, 0.1) is 5.69 Å². The maximum Gasteiger partial charge on any atom is 0.277 e. The first-order valence-electron chi connectivity index (χ1n) is 8.51. The van der Waals surface area contributed by atoms with E-state index in [1.54, 1.807) is 12.3 Å². The molecule has 0 aliphatic carbocycles. The summed E-state index contributed by atoms with van der Waals surface area (Å²) in [5.41, 5.74) is 2.95. The smallest absolute Gasteiger partial charge is 0.277 e. The summed E-state index contributed by atoms with van der Waals surface area (Å²) in [6.45, 7) is 2.17. The third kappa shape index (κ3) is 3.09. The Balaban J connectivity index is 1.35. The van der Waals surface area contributed by atoms with Gasteiger partial charge in [0.15, 0.2) is 11.5 Å². The molecule has 0 N–H and O–H groups in total. The Morgan fingerprint density at radius 1 is 1.11 bits per heavy atom. The number of fused-ring (bicyclic) bond motifs is 2. The molecule has 0 saturated heterocycles. The molecule has 9 heteroatoms. The summed E-state index contributed by atoms with van der Waals surface area (Å²) < 4.78 is 17.9. The maximum atomic E-state index is 12.2. The molecular weight excluding hydrogens is 380 g/mol. The van der Waals surface area contributed by atoms with Crippen molar-refractivity contribution in [1.29, 1.82) is 0 Å². The van der Waals surface area contributed by atoms with Gasteiger partial charge in [-0.15, -0.1) is 10.2 Å². The summed E-state index contributed by atoms with van der Waals surface area (Å²) >= 11 is 1.33. The number of hydrogen-bond acceptors (Lipinski definition) is 8. The van der Waals surface area contributed by atoms with Crippen molar-refractivity contribution in [2.45, 2.75) is 17.9 Å². The van der Waals surface area contributed by atoms with Gasteiger partial charge in [-0.2, -0.15) is 0 Å². The molecule has 4 heterocycles. The molecule has 0 atom stereocenters. The number of pyridine rings is 1. The fourth-order valence-electron chi connectivity index (χ4n) is 2.88. The van der Waals surface area contributed by atoms with E-state index in [0.29, 0.717) is 39.7 Å². The van der Waals surface area contributed by atoms with Gasteiger partial charge in [0.2, 0.25) is 12.7 Å². The van der Waals surface area contributed by atoms with Gasteiger partial charge in [-0.05, 0) is 42.8 Å². The number of thioether (sulfide) groups is 1. The number of ether oxygens (including phenoxy) is 2. The van der Waals surface area contributed by atoms with Gasteiger partial charge in [-0.1, -0.05) is 11.8 Å². The summed E-state index contributed by atoms with van der Waals surface area (Å²) in [5, 5.41) is 8.55. The minimum Gasteiger partial charge on any atom is -0.454 e. The van der Waals surface area contributed by atoms with Crippen molar-refractivity contribution in [2.75, 3.05) is 6.79 Å². The van der Waals surface area contributed by atoms with E-state index < -0.39 is 0 Å². The van der Waals surface area contributed by atoms with E-state index in [1.165, 1.54) is 22.2 Å².